The zero-order chi connectivity index (χ0) is 13.3. The number of primary amides is 1. The molecule has 0 bridgehead atoms. The lowest BCUT2D eigenvalue weighted by Crippen LogP contribution is -2.10. The molecule has 0 unspecified atom stereocenters. The lowest BCUT2D eigenvalue weighted by Gasteiger charge is -1.96. The first-order chi connectivity index (χ1) is 8.38. The van der Waals surface area contributed by atoms with Crippen molar-refractivity contribution in [3.63, 3.8) is 0 Å². The molecule has 2 N–H and O–H groups in total. The molecule has 0 aliphatic carbocycles. The van der Waals surface area contributed by atoms with E-state index in [0.29, 0.717) is 11.1 Å². The second-order valence-electron chi connectivity index (χ2n) is 3.59. The summed E-state index contributed by atoms with van der Waals surface area (Å²) in [5, 5.41) is 6.59. The summed E-state index contributed by atoms with van der Waals surface area (Å²) in [6, 6.07) is 6.06. The van der Waals surface area contributed by atoms with Gasteiger partial charge in [-0.1, -0.05) is 5.10 Å². The van der Waals surface area contributed by atoms with Crippen LogP contribution in [0.2, 0.25) is 0 Å². The second-order valence-corrected chi connectivity index (χ2v) is 5.48. The van der Waals surface area contributed by atoms with E-state index in [1.807, 2.05) is 0 Å². The van der Waals surface area contributed by atoms with Crippen LogP contribution in [0.4, 0.5) is 0 Å². The van der Waals surface area contributed by atoms with Crippen molar-refractivity contribution in [1.29, 1.82) is 0 Å². The fraction of sp³-hybridized carbons (Fsp3) is 0.100. The summed E-state index contributed by atoms with van der Waals surface area (Å²) in [4.78, 5) is 10.9. The van der Waals surface area contributed by atoms with Gasteiger partial charge in [0, 0.05) is 17.4 Å². The Labute approximate surface area is 103 Å². The van der Waals surface area contributed by atoms with Crippen molar-refractivity contribution in [1.82, 2.24) is 10.2 Å². The molecule has 0 spiro atoms. The average molecular weight is 267 g/mol. The Morgan fingerprint density at radius 2 is 1.83 bits per heavy atom. The molecular weight excluding hydrogens is 258 g/mol. The van der Waals surface area contributed by atoms with Crippen LogP contribution in [0.15, 0.2) is 33.9 Å². The zero-order valence-electron chi connectivity index (χ0n) is 9.32. The molecule has 1 aromatic carbocycles. The Morgan fingerprint density at radius 1 is 1.22 bits per heavy atom. The monoisotopic (exact) mass is 267 g/mol. The number of aromatic nitrogens is 2. The summed E-state index contributed by atoms with van der Waals surface area (Å²) in [7, 11) is -3.53. The quantitative estimate of drug-likeness (QED) is 0.851. The van der Waals surface area contributed by atoms with Crippen LogP contribution in [0.1, 0.15) is 10.4 Å². The van der Waals surface area contributed by atoms with Gasteiger partial charge in [-0.05, 0) is 24.3 Å². The summed E-state index contributed by atoms with van der Waals surface area (Å²) in [5.41, 5.74) is 5.93. The average Bonchev–Trinajstić information content (AvgIpc) is 2.78. The molecule has 0 atom stereocenters. The van der Waals surface area contributed by atoms with E-state index in [-0.39, 0.29) is 5.89 Å². The van der Waals surface area contributed by atoms with Crippen LogP contribution in [0.25, 0.3) is 11.5 Å². The summed E-state index contributed by atoms with van der Waals surface area (Å²) < 4.78 is 27.3. The SMILES string of the molecule is CS(=O)(=O)c1nnc(-c2ccc(C(N)=O)cc2)o1. The number of hydrogen-bond donors (Lipinski definition) is 1. The number of carbonyl (C=O) groups is 1. The highest BCUT2D eigenvalue weighted by Gasteiger charge is 2.17. The molecule has 0 fully saturated rings. The smallest absolute Gasteiger partial charge is 0.335 e. The van der Waals surface area contributed by atoms with Crippen molar-refractivity contribution in [2.45, 2.75) is 5.22 Å². The topological polar surface area (TPSA) is 116 Å². The molecule has 1 amide bonds. The van der Waals surface area contributed by atoms with Crippen LogP contribution < -0.4 is 5.73 Å². The predicted molar refractivity (Wildman–Crippen MR) is 61.4 cm³/mol. The third-order valence-electron chi connectivity index (χ3n) is 2.14. The highest BCUT2D eigenvalue weighted by molar-refractivity contribution is 7.90. The van der Waals surface area contributed by atoms with Crippen molar-refractivity contribution >= 4 is 15.7 Å². The number of carbonyl (C=O) groups excluding carboxylic acids is 1. The Balaban J connectivity index is 2.38. The Kier molecular flexibility index (Phi) is 2.87. The predicted octanol–water partition coefficient (Wildman–Crippen LogP) is 0.239. The van der Waals surface area contributed by atoms with E-state index in [2.05, 4.69) is 10.2 Å². The van der Waals surface area contributed by atoms with Crippen LogP contribution in [0, 0.1) is 0 Å². The maximum absolute atomic E-state index is 11.2. The maximum Gasteiger partial charge on any atom is 0.335 e. The van der Waals surface area contributed by atoms with E-state index in [9.17, 15) is 13.2 Å². The molecule has 1 heterocycles. The van der Waals surface area contributed by atoms with Gasteiger partial charge in [-0.2, -0.15) is 0 Å². The number of amides is 1. The van der Waals surface area contributed by atoms with E-state index >= 15 is 0 Å². The van der Waals surface area contributed by atoms with Gasteiger partial charge in [-0.25, -0.2) is 8.42 Å². The minimum atomic E-state index is -3.53. The first-order valence-electron chi connectivity index (χ1n) is 4.82. The molecule has 2 aromatic rings. The maximum atomic E-state index is 11.2. The van der Waals surface area contributed by atoms with Crippen molar-refractivity contribution in [2.75, 3.05) is 6.26 Å². The van der Waals surface area contributed by atoms with Gasteiger partial charge in [0.1, 0.15) is 0 Å². The molecule has 0 saturated heterocycles. The van der Waals surface area contributed by atoms with E-state index < -0.39 is 21.0 Å². The molecule has 7 nitrogen and oxygen atoms in total. The third kappa shape index (κ3) is 2.38. The molecule has 0 aliphatic rings. The fourth-order valence-corrected chi connectivity index (χ4v) is 1.67. The van der Waals surface area contributed by atoms with Crippen molar-refractivity contribution in [3.8, 4) is 11.5 Å². The number of hydrogen-bond acceptors (Lipinski definition) is 6. The number of nitrogens with zero attached hydrogens (tertiary/aromatic N) is 2. The highest BCUT2D eigenvalue weighted by Crippen LogP contribution is 2.19. The molecular formula is C10H9N3O4S. The molecule has 94 valence electrons. The van der Waals surface area contributed by atoms with Gasteiger partial charge in [0.05, 0.1) is 0 Å². The first kappa shape index (κ1) is 12.2. The van der Waals surface area contributed by atoms with Crippen molar-refractivity contribution in [2.24, 2.45) is 5.73 Å². The normalized spacial score (nSPS) is 11.4. The van der Waals surface area contributed by atoms with Gasteiger partial charge in [-0.3, -0.25) is 4.79 Å². The van der Waals surface area contributed by atoms with Gasteiger partial charge >= 0.3 is 5.22 Å². The zero-order valence-corrected chi connectivity index (χ0v) is 10.1. The summed E-state index contributed by atoms with van der Waals surface area (Å²) in [5.74, 6) is -0.490. The molecule has 8 heteroatoms. The lowest BCUT2D eigenvalue weighted by atomic mass is 10.1. The van der Waals surface area contributed by atoms with Crippen LogP contribution in [0.3, 0.4) is 0 Å². The minimum Gasteiger partial charge on any atom is -0.408 e. The van der Waals surface area contributed by atoms with Gasteiger partial charge in [0.25, 0.3) is 0 Å². The van der Waals surface area contributed by atoms with Crippen LogP contribution in [0.5, 0.6) is 0 Å². The van der Waals surface area contributed by atoms with E-state index in [1.54, 1.807) is 12.1 Å². The Bertz CT molecular complexity index is 688. The molecule has 0 aliphatic heterocycles. The van der Waals surface area contributed by atoms with E-state index in [1.165, 1.54) is 12.1 Å². The van der Waals surface area contributed by atoms with Gasteiger partial charge < -0.3 is 10.2 Å². The number of benzene rings is 1. The van der Waals surface area contributed by atoms with Crippen LogP contribution >= 0.6 is 0 Å². The number of rotatable bonds is 3. The lowest BCUT2D eigenvalue weighted by molar-refractivity contribution is 0.100. The second kappa shape index (κ2) is 4.22. The number of nitrogens with two attached hydrogens (primary N) is 1. The minimum absolute atomic E-state index is 0.0615. The molecule has 0 saturated carbocycles. The standard InChI is InChI=1S/C10H9N3O4S/c1-18(15,16)10-13-12-9(17-10)7-4-2-6(3-5-7)8(11)14/h2-5H,1H3,(H2,11,14). The highest BCUT2D eigenvalue weighted by atomic mass is 32.2. The van der Waals surface area contributed by atoms with E-state index in [0.717, 1.165) is 6.26 Å². The summed E-state index contributed by atoms with van der Waals surface area (Å²) in [6.07, 6.45) is 0.973. The fourth-order valence-electron chi connectivity index (χ4n) is 1.25. The van der Waals surface area contributed by atoms with Gasteiger partial charge in [0.2, 0.25) is 21.6 Å². The third-order valence-corrected chi connectivity index (χ3v) is 2.94. The van der Waals surface area contributed by atoms with Crippen LogP contribution in [-0.4, -0.2) is 30.8 Å². The van der Waals surface area contributed by atoms with Crippen molar-refractivity contribution < 1.29 is 17.6 Å². The largest absolute Gasteiger partial charge is 0.408 e. The van der Waals surface area contributed by atoms with E-state index in [4.69, 9.17) is 10.2 Å². The first-order valence-corrected chi connectivity index (χ1v) is 6.71. The molecule has 1 aromatic heterocycles. The Morgan fingerprint density at radius 3 is 2.28 bits per heavy atom. The van der Waals surface area contributed by atoms with Gasteiger partial charge in [-0.15, -0.1) is 5.10 Å². The Hall–Kier alpha value is -2.22. The number of sulfone groups is 1. The van der Waals surface area contributed by atoms with Crippen molar-refractivity contribution in [3.05, 3.63) is 29.8 Å². The summed E-state index contributed by atoms with van der Waals surface area (Å²) >= 11 is 0. The molecule has 18 heavy (non-hydrogen) atoms. The summed E-state index contributed by atoms with van der Waals surface area (Å²) in [6.45, 7) is 0. The van der Waals surface area contributed by atoms with Gasteiger partial charge in [0.15, 0.2) is 0 Å². The molecule has 2 rings (SSSR count). The van der Waals surface area contributed by atoms with Crippen LogP contribution in [-0.2, 0) is 9.84 Å². The molecule has 0 radical (unpaired) electrons.